The van der Waals surface area contributed by atoms with Gasteiger partial charge in [-0.3, -0.25) is 0 Å². The molecule has 16 aromatic carbocycles. The van der Waals surface area contributed by atoms with Crippen LogP contribution in [-0.2, 0) is 0 Å². The average molecular weight is 1810 g/mol. The number of aromatic nitrogens is 13. The number of H-pyrrole nitrogens is 8. The van der Waals surface area contributed by atoms with Gasteiger partial charge in [-0.2, -0.15) is 0 Å². The summed E-state index contributed by atoms with van der Waals surface area (Å²) in [5.41, 5.74) is 19.6. The molecular weight excluding hydrogens is 1750 g/mol. The van der Waals surface area contributed by atoms with Gasteiger partial charge in [-0.25, -0.2) is 24.9 Å². The molecule has 0 saturated heterocycles. The van der Waals surface area contributed by atoms with Gasteiger partial charge < -0.3 is 50.5 Å². The lowest BCUT2D eigenvalue weighted by Gasteiger charge is -2.12. The molecule has 25 rings (SSSR count). The van der Waals surface area contributed by atoms with Crippen LogP contribution < -0.4 is 10.6 Å². The van der Waals surface area contributed by atoms with Crippen molar-refractivity contribution < 1.29 is 0 Å². The van der Waals surface area contributed by atoms with Gasteiger partial charge in [0.2, 0.25) is 0 Å². The third-order valence-electron chi connectivity index (χ3n) is 22.6. The molecule has 0 fully saturated rings. The number of nitrogens with zero attached hydrogens (tertiary/aromatic N) is 5. The Labute approximate surface area is 715 Å². The van der Waals surface area contributed by atoms with E-state index in [1.807, 2.05) is 67.1 Å². The van der Waals surface area contributed by atoms with Crippen molar-refractivity contribution in [1.29, 1.82) is 0 Å². The lowest BCUT2D eigenvalue weighted by atomic mass is 9.99. The Morgan fingerprint density at radius 3 is 1.19 bits per heavy atom. The summed E-state index contributed by atoms with van der Waals surface area (Å²) in [6, 6.07) is 96.4. The topological polar surface area (TPSA) is 215 Å². The summed E-state index contributed by atoms with van der Waals surface area (Å²) in [4.78, 5) is 52.5. The Morgan fingerprint density at radius 1 is 0.286 bits per heavy atom. The van der Waals surface area contributed by atoms with Gasteiger partial charge in [0.15, 0.2) is 5.11 Å². The molecular formula is C99H63Br4N15S. The lowest BCUT2D eigenvalue weighted by Crippen LogP contribution is -2.18. The van der Waals surface area contributed by atoms with Gasteiger partial charge in [-0.15, -0.1) is 0 Å². The van der Waals surface area contributed by atoms with Crippen LogP contribution in [0.15, 0.2) is 322 Å². The predicted molar refractivity (Wildman–Crippen MR) is 513 cm³/mol. The van der Waals surface area contributed by atoms with Gasteiger partial charge in [0.25, 0.3) is 0 Å². The van der Waals surface area contributed by atoms with Crippen LogP contribution in [0.3, 0.4) is 0 Å². The van der Waals surface area contributed by atoms with E-state index in [-0.39, 0.29) is 0 Å². The van der Waals surface area contributed by atoms with Gasteiger partial charge in [0.1, 0.15) is 28.9 Å². The number of halogens is 4. The quantitative estimate of drug-likeness (QED) is 0.0570. The zero-order chi connectivity index (χ0) is 79.7. The molecule has 9 aromatic heterocycles. The van der Waals surface area contributed by atoms with E-state index >= 15 is 0 Å². The molecule has 0 aliphatic rings. The molecule has 119 heavy (non-hydrogen) atoms. The molecule has 20 heteroatoms. The van der Waals surface area contributed by atoms with E-state index < -0.39 is 0 Å². The second kappa shape index (κ2) is 29.2. The number of nitrogens with one attached hydrogen (secondary N) is 10. The van der Waals surface area contributed by atoms with Crippen LogP contribution in [0.1, 0.15) is 5.69 Å². The highest BCUT2D eigenvalue weighted by molar-refractivity contribution is 9.11. The predicted octanol–water partition coefficient (Wildman–Crippen LogP) is 28.6. The number of aromatic amines is 8. The fourth-order valence-corrected chi connectivity index (χ4v) is 19.0. The minimum atomic E-state index is 0.537. The molecule has 0 unspecified atom stereocenters. The molecule has 0 aliphatic carbocycles. The van der Waals surface area contributed by atoms with Crippen LogP contribution in [0.4, 0.5) is 11.4 Å². The number of para-hydroxylation sites is 2. The van der Waals surface area contributed by atoms with Gasteiger partial charge >= 0.3 is 0 Å². The Kier molecular flexibility index (Phi) is 17.7. The lowest BCUT2D eigenvalue weighted by molar-refractivity contribution is 1.26. The van der Waals surface area contributed by atoms with Crippen molar-refractivity contribution >= 4 is 266 Å². The van der Waals surface area contributed by atoms with Crippen molar-refractivity contribution in [3.63, 3.8) is 0 Å². The van der Waals surface area contributed by atoms with E-state index in [2.05, 4.69) is 357 Å². The molecule has 15 nitrogen and oxygen atoms in total. The second-order valence-corrected chi connectivity index (χ2v) is 33.7. The van der Waals surface area contributed by atoms with Gasteiger partial charge in [0.05, 0.1) is 44.1 Å². The molecule has 0 saturated carbocycles. The van der Waals surface area contributed by atoms with Crippen LogP contribution in [0.2, 0.25) is 0 Å². The number of benzene rings is 16. The normalized spacial score (nSPS) is 11.8. The third kappa shape index (κ3) is 12.5. The average Bonchev–Trinajstić information content (AvgIpc) is 1.61. The molecule has 9 heterocycles. The van der Waals surface area contributed by atoms with E-state index in [1.54, 1.807) is 6.20 Å². The Bertz CT molecular complexity index is 8380. The summed E-state index contributed by atoms with van der Waals surface area (Å²) in [5, 5.41) is 30.6. The number of pyridine rings is 1. The first-order valence-corrected chi connectivity index (χ1v) is 42.3. The molecule has 0 amide bonds. The first-order valence-electron chi connectivity index (χ1n) is 38.7. The molecule has 10 N–H and O–H groups in total. The van der Waals surface area contributed by atoms with Crippen molar-refractivity contribution in [3.8, 4) is 45.6 Å². The van der Waals surface area contributed by atoms with Crippen LogP contribution >= 0.6 is 75.9 Å². The number of rotatable bonds is 6. The van der Waals surface area contributed by atoms with E-state index in [1.165, 1.54) is 70.0 Å². The van der Waals surface area contributed by atoms with Crippen LogP contribution in [-0.4, -0.2) is 69.9 Å². The number of anilines is 2. The van der Waals surface area contributed by atoms with Crippen LogP contribution in [0, 0.1) is 6.92 Å². The third-order valence-corrected chi connectivity index (χ3v) is 24.8. The fraction of sp³-hybridized carbons (Fsp3) is 0.0101. The van der Waals surface area contributed by atoms with E-state index in [0.29, 0.717) is 5.11 Å². The number of fused-ring (bicyclic) bond motifs is 28. The molecule has 0 spiro atoms. The van der Waals surface area contributed by atoms with Crippen molar-refractivity contribution in [1.82, 2.24) is 64.8 Å². The zero-order valence-electron chi connectivity index (χ0n) is 63.0. The molecule has 0 atom stereocenters. The fourth-order valence-electron chi connectivity index (χ4n) is 17.3. The Morgan fingerprint density at radius 2 is 0.647 bits per heavy atom. The highest BCUT2D eigenvalue weighted by Crippen LogP contribution is 2.44. The smallest absolute Gasteiger partial charge is 0.175 e. The van der Waals surface area contributed by atoms with Gasteiger partial charge in [-0.1, -0.05) is 240 Å². The largest absolute Gasteiger partial charge is 0.360 e. The molecule has 0 bridgehead atoms. The van der Waals surface area contributed by atoms with Crippen LogP contribution in [0.25, 0.3) is 220 Å². The summed E-state index contributed by atoms with van der Waals surface area (Å²) in [7, 11) is 0. The maximum atomic E-state index is 5.58. The standard InChI is InChI=1S/C30H20BrN5S.C24H16BrN3.C23H13Br2N3.C22H14N4/c31-17-10-13-26-23(14-17)25(16-32-26)29-35-27-22-9-5-4-8-20(22)21-12-11-19(15-24(21)28(27)36-29)34-30(37)33-18-6-2-1-3-7-18;1-13-21(18-8-4-5-9-20(18)26-13)24-27-22-16-7-3-2-6-15(16)19-12-14(25)10-11-17(19)23(22)28-24;24-12-5-7-15-14-3-1-2-4-16(14)21-22(18(15)10-12)28-23(27-21)19-11-26-20-8-6-13(25)9-17(19)20;1-3-8-15-13(6-1)14-7-2-4-9-16(14)20-19(15)25-22(26-20)18-12-24-21-17(18)10-5-11-23-21/h1-16,32H,(H,35,36)(H2,33,34,37);2-12,26H,1H3,(H,27,28);1-11,26H,(H,27,28);1-12H,(H,23,24)(H,25,26). The Hall–Kier alpha value is -13.6. The number of thiocarbonyl (C=S) groups is 1. The summed E-state index contributed by atoms with van der Waals surface area (Å²) < 4.78 is 4.22. The van der Waals surface area contributed by atoms with Crippen molar-refractivity contribution in [2.45, 2.75) is 6.92 Å². The number of imidazole rings is 4. The van der Waals surface area contributed by atoms with E-state index in [4.69, 9.17) is 32.2 Å². The number of hydrogen-bond acceptors (Lipinski definition) is 6. The number of aryl methyl sites for hydroxylation is 1. The molecule has 0 radical (unpaired) electrons. The molecule has 0 aliphatic heterocycles. The minimum absolute atomic E-state index is 0.537. The molecule has 25 aromatic rings. The van der Waals surface area contributed by atoms with Crippen molar-refractivity contribution in [2.24, 2.45) is 0 Å². The minimum Gasteiger partial charge on any atom is -0.360 e. The first kappa shape index (κ1) is 71.9. The Balaban J connectivity index is 0.0000000964. The SMILES string of the molecule is Brc1ccc2[nH]cc(-c3nc4c5cc(Br)ccc5c5ccccc5c4[nH]3)c2c1.Cc1[nH]c2ccccc2c1-c1nc2c3ccccc3c3cc(Br)ccc3c2[nH]1.S=C(Nc1ccccc1)Nc1ccc2c3ccccc3c3[nH]c(-c4c[nH]c5ccc(Br)cc45)nc3c2c1.c1cnc2[nH]cc(-c3nc4c5ccccc5c5ccccc5c4[nH]3)c2c1. The van der Waals surface area contributed by atoms with Gasteiger partial charge in [0, 0.05) is 163 Å². The summed E-state index contributed by atoms with van der Waals surface area (Å²) in [5.74, 6) is 3.47. The first-order chi connectivity index (χ1) is 58.4. The maximum absolute atomic E-state index is 5.58. The number of hydrogen-bond donors (Lipinski definition) is 10. The van der Waals surface area contributed by atoms with Crippen molar-refractivity contribution in [3.05, 3.63) is 327 Å². The monoisotopic (exact) mass is 1810 g/mol. The van der Waals surface area contributed by atoms with E-state index in [9.17, 15) is 0 Å². The second-order valence-electron chi connectivity index (χ2n) is 29.6. The zero-order valence-corrected chi connectivity index (χ0v) is 70.2. The summed E-state index contributed by atoms with van der Waals surface area (Å²) in [6.07, 6.45) is 7.80. The van der Waals surface area contributed by atoms with Crippen LogP contribution in [0.5, 0.6) is 0 Å². The van der Waals surface area contributed by atoms with E-state index in [0.717, 1.165) is 185 Å². The van der Waals surface area contributed by atoms with Gasteiger partial charge in [-0.05, 0) is 165 Å². The van der Waals surface area contributed by atoms with Crippen molar-refractivity contribution in [2.75, 3.05) is 10.6 Å². The maximum Gasteiger partial charge on any atom is 0.175 e. The summed E-state index contributed by atoms with van der Waals surface area (Å²) >= 11 is 20.0. The summed E-state index contributed by atoms with van der Waals surface area (Å²) in [6.45, 7) is 2.11. The molecule has 568 valence electrons. The highest BCUT2D eigenvalue weighted by Gasteiger charge is 2.23. The highest BCUT2D eigenvalue weighted by atomic mass is 79.9.